The molecule has 0 spiro atoms. The molecule has 1 unspecified atom stereocenters. The standard InChI is InChI=1S/C11H15BrN2O3S/c1-6-4-8(12)10(9(13)5-6)14-11(15)7(2)18(3,16)17/h4-5,7H,13H2,1-3H3,(H,14,15). The van der Waals surface area contributed by atoms with Gasteiger partial charge in [-0.2, -0.15) is 0 Å². The predicted molar refractivity (Wildman–Crippen MR) is 76.2 cm³/mol. The smallest absolute Gasteiger partial charge is 0.242 e. The lowest BCUT2D eigenvalue weighted by Gasteiger charge is -2.14. The third-order valence-corrected chi connectivity index (χ3v) is 4.65. The molecule has 5 nitrogen and oxygen atoms in total. The number of nitrogens with one attached hydrogen (secondary N) is 1. The first kappa shape index (κ1) is 15.0. The molecule has 0 radical (unpaired) electrons. The van der Waals surface area contributed by atoms with Gasteiger partial charge >= 0.3 is 0 Å². The van der Waals surface area contributed by atoms with Crippen LogP contribution in [0, 0.1) is 6.92 Å². The highest BCUT2D eigenvalue weighted by atomic mass is 79.9. The van der Waals surface area contributed by atoms with Gasteiger partial charge in [0.25, 0.3) is 0 Å². The van der Waals surface area contributed by atoms with Gasteiger partial charge in [-0.25, -0.2) is 8.42 Å². The molecule has 0 saturated carbocycles. The summed E-state index contributed by atoms with van der Waals surface area (Å²) in [4.78, 5) is 11.8. The second-order valence-electron chi connectivity index (χ2n) is 4.17. The largest absolute Gasteiger partial charge is 0.397 e. The number of sulfone groups is 1. The lowest BCUT2D eigenvalue weighted by atomic mass is 10.2. The number of halogens is 1. The Morgan fingerprint density at radius 1 is 1.44 bits per heavy atom. The number of aryl methyl sites for hydroxylation is 1. The molecule has 1 atom stereocenters. The van der Waals surface area contributed by atoms with Crippen molar-refractivity contribution >= 4 is 43.0 Å². The van der Waals surface area contributed by atoms with E-state index < -0.39 is 21.0 Å². The number of carbonyl (C=O) groups excluding carboxylic acids is 1. The minimum Gasteiger partial charge on any atom is -0.397 e. The molecular formula is C11H15BrN2O3S. The zero-order valence-corrected chi connectivity index (χ0v) is 12.7. The molecular weight excluding hydrogens is 320 g/mol. The maximum absolute atomic E-state index is 11.8. The Morgan fingerprint density at radius 3 is 2.44 bits per heavy atom. The molecule has 0 saturated heterocycles. The van der Waals surface area contributed by atoms with E-state index in [1.54, 1.807) is 12.1 Å². The Morgan fingerprint density at radius 2 is 2.00 bits per heavy atom. The third kappa shape index (κ3) is 3.46. The Labute approximate surface area is 115 Å². The number of anilines is 2. The fourth-order valence-corrected chi connectivity index (χ4v) is 2.46. The summed E-state index contributed by atoms with van der Waals surface area (Å²) in [6, 6.07) is 3.49. The first-order valence-corrected chi connectivity index (χ1v) is 7.93. The summed E-state index contributed by atoms with van der Waals surface area (Å²) in [7, 11) is -3.42. The van der Waals surface area contributed by atoms with E-state index in [0.717, 1.165) is 11.8 Å². The van der Waals surface area contributed by atoms with Crippen LogP contribution in [0.1, 0.15) is 12.5 Å². The van der Waals surface area contributed by atoms with E-state index >= 15 is 0 Å². The lowest BCUT2D eigenvalue weighted by molar-refractivity contribution is -0.115. The van der Waals surface area contributed by atoms with Gasteiger partial charge in [-0.3, -0.25) is 4.79 Å². The molecule has 0 aliphatic heterocycles. The number of nitrogens with two attached hydrogens (primary N) is 1. The highest BCUT2D eigenvalue weighted by Gasteiger charge is 2.24. The van der Waals surface area contributed by atoms with Crippen LogP contribution < -0.4 is 11.1 Å². The van der Waals surface area contributed by atoms with E-state index in [2.05, 4.69) is 21.2 Å². The number of nitrogen functional groups attached to an aromatic ring is 1. The first-order valence-electron chi connectivity index (χ1n) is 5.18. The molecule has 1 aromatic carbocycles. The average Bonchev–Trinajstić information content (AvgIpc) is 2.20. The Bertz CT molecular complexity index is 561. The maximum Gasteiger partial charge on any atom is 0.242 e. The van der Waals surface area contributed by atoms with Crippen molar-refractivity contribution in [2.45, 2.75) is 19.1 Å². The normalized spacial score (nSPS) is 13.1. The Balaban J connectivity index is 3.03. The number of rotatable bonds is 3. The monoisotopic (exact) mass is 334 g/mol. The van der Waals surface area contributed by atoms with Gasteiger partial charge in [0.15, 0.2) is 9.84 Å². The second-order valence-corrected chi connectivity index (χ2v) is 7.39. The highest BCUT2D eigenvalue weighted by molar-refractivity contribution is 9.10. The van der Waals surface area contributed by atoms with Crippen molar-refractivity contribution in [3.63, 3.8) is 0 Å². The van der Waals surface area contributed by atoms with E-state index in [4.69, 9.17) is 5.73 Å². The van der Waals surface area contributed by atoms with Crippen molar-refractivity contribution in [3.8, 4) is 0 Å². The van der Waals surface area contributed by atoms with Crippen LogP contribution in [-0.2, 0) is 14.6 Å². The fourth-order valence-electron chi connectivity index (χ4n) is 1.32. The highest BCUT2D eigenvalue weighted by Crippen LogP contribution is 2.30. The van der Waals surface area contributed by atoms with E-state index in [1.807, 2.05) is 6.92 Å². The van der Waals surface area contributed by atoms with Gasteiger partial charge in [-0.05, 0) is 47.5 Å². The summed E-state index contributed by atoms with van der Waals surface area (Å²) in [5.74, 6) is -0.603. The quantitative estimate of drug-likeness (QED) is 0.823. The van der Waals surface area contributed by atoms with Crippen molar-refractivity contribution in [1.29, 1.82) is 0 Å². The van der Waals surface area contributed by atoms with Crippen molar-refractivity contribution in [2.24, 2.45) is 0 Å². The van der Waals surface area contributed by atoms with E-state index in [-0.39, 0.29) is 0 Å². The summed E-state index contributed by atoms with van der Waals surface area (Å²) >= 11 is 3.28. The van der Waals surface area contributed by atoms with Crippen LogP contribution >= 0.6 is 15.9 Å². The molecule has 18 heavy (non-hydrogen) atoms. The molecule has 0 aliphatic rings. The summed E-state index contributed by atoms with van der Waals surface area (Å²) in [6.07, 6.45) is 1.02. The first-order chi connectivity index (χ1) is 8.12. The summed E-state index contributed by atoms with van der Waals surface area (Å²) in [5.41, 5.74) is 7.50. The van der Waals surface area contributed by atoms with Crippen LogP contribution in [0.25, 0.3) is 0 Å². The zero-order chi connectivity index (χ0) is 14.1. The number of hydrogen-bond acceptors (Lipinski definition) is 4. The predicted octanol–water partition coefficient (Wildman–Crippen LogP) is 1.71. The van der Waals surface area contributed by atoms with Gasteiger partial charge in [0, 0.05) is 10.7 Å². The minimum absolute atomic E-state index is 0.385. The van der Waals surface area contributed by atoms with Gasteiger partial charge < -0.3 is 11.1 Å². The summed E-state index contributed by atoms with van der Waals surface area (Å²) in [6.45, 7) is 3.20. The van der Waals surface area contributed by atoms with E-state index in [1.165, 1.54) is 6.92 Å². The molecule has 0 aliphatic carbocycles. The van der Waals surface area contributed by atoms with Crippen LogP contribution in [0.15, 0.2) is 16.6 Å². The molecule has 0 bridgehead atoms. The van der Waals surface area contributed by atoms with Crippen LogP contribution in [0.2, 0.25) is 0 Å². The molecule has 0 aromatic heterocycles. The SMILES string of the molecule is Cc1cc(N)c(NC(=O)C(C)S(C)(=O)=O)c(Br)c1. The summed E-state index contributed by atoms with van der Waals surface area (Å²) < 4.78 is 23.2. The molecule has 0 heterocycles. The van der Waals surface area contributed by atoms with E-state index in [0.29, 0.717) is 15.8 Å². The van der Waals surface area contributed by atoms with Gasteiger partial charge in [0.2, 0.25) is 5.91 Å². The number of carbonyl (C=O) groups is 1. The van der Waals surface area contributed by atoms with Crippen LogP contribution in [-0.4, -0.2) is 25.8 Å². The van der Waals surface area contributed by atoms with Gasteiger partial charge in [-0.1, -0.05) is 0 Å². The third-order valence-electron chi connectivity index (χ3n) is 2.52. The van der Waals surface area contributed by atoms with Crippen LogP contribution in [0.4, 0.5) is 11.4 Å². The topological polar surface area (TPSA) is 89.3 Å². The van der Waals surface area contributed by atoms with Crippen molar-refractivity contribution in [1.82, 2.24) is 0 Å². The number of hydrogen-bond donors (Lipinski definition) is 2. The van der Waals surface area contributed by atoms with Gasteiger partial charge in [0.05, 0.1) is 11.4 Å². The van der Waals surface area contributed by atoms with Gasteiger partial charge in [0.1, 0.15) is 5.25 Å². The molecule has 1 aromatic rings. The molecule has 1 rings (SSSR count). The second kappa shape index (κ2) is 5.27. The maximum atomic E-state index is 11.8. The minimum atomic E-state index is -3.42. The zero-order valence-electron chi connectivity index (χ0n) is 10.3. The Kier molecular flexibility index (Phi) is 4.39. The molecule has 100 valence electrons. The number of benzene rings is 1. The van der Waals surface area contributed by atoms with Crippen LogP contribution in [0.3, 0.4) is 0 Å². The fraction of sp³-hybridized carbons (Fsp3) is 0.364. The molecule has 7 heteroatoms. The van der Waals surface area contributed by atoms with Crippen molar-refractivity contribution in [2.75, 3.05) is 17.3 Å². The summed E-state index contributed by atoms with van der Waals surface area (Å²) in [5, 5.41) is 1.40. The molecule has 0 fully saturated rings. The van der Waals surface area contributed by atoms with Crippen molar-refractivity contribution in [3.05, 3.63) is 22.2 Å². The average molecular weight is 335 g/mol. The molecule has 1 amide bonds. The van der Waals surface area contributed by atoms with Crippen molar-refractivity contribution < 1.29 is 13.2 Å². The molecule has 3 N–H and O–H groups in total. The van der Waals surface area contributed by atoms with Crippen LogP contribution in [0.5, 0.6) is 0 Å². The lowest BCUT2D eigenvalue weighted by Crippen LogP contribution is -2.32. The number of amides is 1. The Hall–Kier alpha value is -1.08. The van der Waals surface area contributed by atoms with Gasteiger partial charge in [-0.15, -0.1) is 0 Å². The van der Waals surface area contributed by atoms with E-state index in [9.17, 15) is 13.2 Å².